The third kappa shape index (κ3) is 3.75. The smallest absolute Gasteiger partial charge is 0.161 e. The molecule has 2 atom stereocenters. The molecule has 1 aliphatic rings. The van der Waals surface area contributed by atoms with E-state index in [1.807, 2.05) is 18.8 Å². The minimum Gasteiger partial charge on any atom is -0.493 e. The van der Waals surface area contributed by atoms with Crippen molar-refractivity contribution in [3.63, 3.8) is 0 Å². The van der Waals surface area contributed by atoms with Gasteiger partial charge in [-0.15, -0.1) is 0 Å². The van der Waals surface area contributed by atoms with Gasteiger partial charge in [0.2, 0.25) is 0 Å². The van der Waals surface area contributed by atoms with Crippen LogP contribution in [0.25, 0.3) is 0 Å². The fourth-order valence-corrected chi connectivity index (χ4v) is 4.53. The number of likely N-dealkylation sites (N-methyl/N-ethyl adjacent to an activating group) is 1. The fourth-order valence-electron chi connectivity index (χ4n) is 2.67. The fraction of sp³-hybridized carbons (Fsp3) is 0.769. The summed E-state index contributed by atoms with van der Waals surface area (Å²) < 4.78 is 30.5. The molecule has 21 heavy (non-hydrogen) atoms. The molecular formula is C13H24N4O3S. The molecule has 1 aliphatic heterocycles. The molecule has 120 valence electrons. The zero-order chi connectivity index (χ0) is 15.6. The Kier molecular flexibility index (Phi) is 4.90. The van der Waals surface area contributed by atoms with Crippen LogP contribution in [0.4, 0.5) is 0 Å². The van der Waals surface area contributed by atoms with Crippen LogP contribution in [-0.2, 0) is 16.4 Å². The monoisotopic (exact) mass is 316 g/mol. The van der Waals surface area contributed by atoms with E-state index in [0.717, 1.165) is 12.2 Å². The van der Waals surface area contributed by atoms with Crippen LogP contribution in [0.2, 0.25) is 0 Å². The first-order valence-corrected chi connectivity index (χ1v) is 8.86. The number of ether oxygens (including phenoxy) is 1. The van der Waals surface area contributed by atoms with E-state index in [-0.39, 0.29) is 23.5 Å². The summed E-state index contributed by atoms with van der Waals surface area (Å²) in [5.41, 5.74) is 7.12. The lowest BCUT2D eigenvalue weighted by molar-refractivity contribution is 0.348. The molecule has 0 aliphatic carbocycles. The van der Waals surface area contributed by atoms with Crippen LogP contribution in [0.15, 0.2) is 6.20 Å². The number of sulfone groups is 1. The molecule has 0 aromatic carbocycles. The number of aromatic nitrogens is 2. The van der Waals surface area contributed by atoms with Gasteiger partial charge >= 0.3 is 0 Å². The molecule has 2 N–H and O–H groups in total. The average Bonchev–Trinajstić information content (AvgIpc) is 2.98. The third-order valence-electron chi connectivity index (χ3n) is 3.92. The summed E-state index contributed by atoms with van der Waals surface area (Å²) in [6, 6.07) is -0.373. The highest BCUT2D eigenvalue weighted by molar-refractivity contribution is 7.91. The molecule has 1 aromatic heterocycles. The maximum Gasteiger partial charge on any atom is 0.161 e. The van der Waals surface area contributed by atoms with Gasteiger partial charge in [0, 0.05) is 6.54 Å². The van der Waals surface area contributed by atoms with Crippen molar-refractivity contribution >= 4 is 9.84 Å². The van der Waals surface area contributed by atoms with E-state index in [1.165, 1.54) is 0 Å². The number of rotatable bonds is 6. The Hall–Kier alpha value is -1.12. The standard InChI is InChI=1S/C13H24N4O3S/c1-16(2)5-6-17-13(11(20-3)8-15-17)12(14)10-4-7-21(18,19)9-10/h8,10,12H,4-7,9,14H2,1-3H3. The maximum atomic E-state index is 11.7. The second kappa shape index (κ2) is 6.33. The van der Waals surface area contributed by atoms with Crippen LogP contribution in [0, 0.1) is 5.92 Å². The zero-order valence-corrected chi connectivity index (χ0v) is 13.6. The molecule has 0 bridgehead atoms. The number of methoxy groups -OCH3 is 1. The van der Waals surface area contributed by atoms with Gasteiger partial charge in [0.15, 0.2) is 15.6 Å². The van der Waals surface area contributed by atoms with E-state index in [1.54, 1.807) is 13.3 Å². The normalized spacial score (nSPS) is 22.6. The Bertz CT molecular complexity index is 582. The number of nitrogens with zero attached hydrogens (tertiary/aromatic N) is 3. The highest BCUT2D eigenvalue weighted by Gasteiger charge is 2.35. The molecule has 0 saturated carbocycles. The quantitative estimate of drug-likeness (QED) is 0.787. The molecule has 0 radical (unpaired) electrons. The number of nitrogens with two attached hydrogens (primary N) is 1. The first kappa shape index (κ1) is 16.3. The van der Waals surface area contributed by atoms with Crippen LogP contribution < -0.4 is 10.5 Å². The Balaban J connectivity index is 2.22. The molecule has 8 heteroatoms. The molecule has 1 saturated heterocycles. The minimum atomic E-state index is -2.95. The van der Waals surface area contributed by atoms with E-state index in [9.17, 15) is 8.42 Å². The largest absolute Gasteiger partial charge is 0.493 e. The third-order valence-corrected chi connectivity index (χ3v) is 5.71. The van der Waals surface area contributed by atoms with E-state index in [2.05, 4.69) is 10.00 Å². The molecule has 1 aromatic rings. The van der Waals surface area contributed by atoms with E-state index in [0.29, 0.717) is 18.7 Å². The summed E-state index contributed by atoms with van der Waals surface area (Å²) >= 11 is 0. The second-order valence-corrected chi connectivity index (χ2v) is 8.04. The first-order chi connectivity index (χ1) is 9.84. The molecule has 2 rings (SSSR count). The van der Waals surface area contributed by atoms with Gasteiger partial charge < -0.3 is 15.4 Å². The van der Waals surface area contributed by atoms with E-state index < -0.39 is 9.84 Å². The highest BCUT2D eigenvalue weighted by atomic mass is 32.2. The second-order valence-electron chi connectivity index (χ2n) is 5.81. The number of hydrogen-bond donors (Lipinski definition) is 1. The Morgan fingerprint density at radius 2 is 2.29 bits per heavy atom. The van der Waals surface area contributed by atoms with Crippen LogP contribution in [-0.4, -0.2) is 62.4 Å². The van der Waals surface area contributed by atoms with Gasteiger partial charge in [-0.05, 0) is 26.4 Å². The Morgan fingerprint density at radius 3 is 2.81 bits per heavy atom. The maximum absolute atomic E-state index is 11.7. The van der Waals surface area contributed by atoms with Crippen LogP contribution in [0.1, 0.15) is 18.2 Å². The summed E-state index contributed by atoms with van der Waals surface area (Å²) in [4.78, 5) is 2.06. The lowest BCUT2D eigenvalue weighted by Crippen LogP contribution is -2.28. The van der Waals surface area contributed by atoms with E-state index in [4.69, 9.17) is 10.5 Å². The Morgan fingerprint density at radius 1 is 1.57 bits per heavy atom. The topological polar surface area (TPSA) is 90.4 Å². The van der Waals surface area contributed by atoms with Crippen molar-refractivity contribution in [2.24, 2.45) is 11.7 Å². The van der Waals surface area contributed by atoms with Crippen molar-refractivity contribution in [2.45, 2.75) is 19.0 Å². The van der Waals surface area contributed by atoms with Gasteiger partial charge in [-0.25, -0.2) is 8.42 Å². The van der Waals surface area contributed by atoms with Crippen molar-refractivity contribution in [3.05, 3.63) is 11.9 Å². The van der Waals surface area contributed by atoms with Gasteiger partial charge in [0.05, 0.1) is 43.1 Å². The van der Waals surface area contributed by atoms with Crippen molar-refractivity contribution < 1.29 is 13.2 Å². The summed E-state index contributed by atoms with van der Waals surface area (Å²) in [7, 11) is 2.61. The lowest BCUT2D eigenvalue weighted by Gasteiger charge is -2.21. The first-order valence-electron chi connectivity index (χ1n) is 7.04. The molecule has 0 spiro atoms. The van der Waals surface area contributed by atoms with Crippen molar-refractivity contribution in [3.8, 4) is 5.75 Å². The van der Waals surface area contributed by atoms with Crippen LogP contribution in [0.3, 0.4) is 0 Å². The average molecular weight is 316 g/mol. The summed E-state index contributed by atoms with van der Waals surface area (Å²) in [5, 5.41) is 4.32. The molecule has 0 amide bonds. The van der Waals surface area contributed by atoms with Crippen LogP contribution >= 0.6 is 0 Å². The molecule has 2 heterocycles. The highest BCUT2D eigenvalue weighted by Crippen LogP contribution is 2.34. The van der Waals surface area contributed by atoms with Crippen molar-refractivity contribution in [1.82, 2.24) is 14.7 Å². The molecular weight excluding hydrogens is 292 g/mol. The minimum absolute atomic E-state index is 0.0706. The van der Waals surface area contributed by atoms with Crippen molar-refractivity contribution in [2.75, 3.05) is 39.3 Å². The van der Waals surface area contributed by atoms with Gasteiger partial charge in [0.1, 0.15) is 0 Å². The van der Waals surface area contributed by atoms with Gasteiger partial charge in [-0.2, -0.15) is 5.10 Å². The van der Waals surface area contributed by atoms with Crippen LogP contribution in [0.5, 0.6) is 5.75 Å². The van der Waals surface area contributed by atoms with Gasteiger partial charge in [-0.1, -0.05) is 0 Å². The molecule has 1 fully saturated rings. The van der Waals surface area contributed by atoms with Gasteiger partial charge in [-0.3, -0.25) is 4.68 Å². The predicted octanol–water partition coefficient (Wildman–Crippen LogP) is -0.112. The SMILES string of the molecule is COc1cnn(CCN(C)C)c1C(N)C1CCS(=O)(=O)C1. The predicted molar refractivity (Wildman–Crippen MR) is 81.0 cm³/mol. The van der Waals surface area contributed by atoms with Gasteiger partial charge in [0.25, 0.3) is 0 Å². The number of hydrogen-bond acceptors (Lipinski definition) is 6. The Labute approximate surface area is 126 Å². The van der Waals surface area contributed by atoms with E-state index >= 15 is 0 Å². The zero-order valence-electron chi connectivity index (χ0n) is 12.8. The van der Waals surface area contributed by atoms with Crippen molar-refractivity contribution in [1.29, 1.82) is 0 Å². The molecule has 2 unspecified atom stereocenters. The summed E-state index contributed by atoms with van der Waals surface area (Å²) in [5.74, 6) is 0.930. The summed E-state index contributed by atoms with van der Waals surface area (Å²) in [6.07, 6.45) is 2.25. The molecule has 7 nitrogen and oxygen atoms in total. The lowest BCUT2D eigenvalue weighted by atomic mass is 9.97. The summed E-state index contributed by atoms with van der Waals surface area (Å²) in [6.45, 7) is 1.52.